The molecule has 1 amide bonds. The summed E-state index contributed by atoms with van der Waals surface area (Å²) in [5.74, 6) is -0.290. The molecule has 100 valence electrons. The summed E-state index contributed by atoms with van der Waals surface area (Å²) in [6.07, 6.45) is 6.55. The Bertz CT molecular complexity index is 649. The zero-order chi connectivity index (χ0) is 14.4. The number of pyridine rings is 1. The Balaban J connectivity index is 2.13. The molecule has 1 aromatic carbocycles. The normalized spacial score (nSPS) is 10.4. The zero-order valence-electron chi connectivity index (χ0n) is 11.0. The largest absolute Gasteiger partial charge is 0.326 e. The number of benzene rings is 1. The number of aromatic nitrogens is 1. The van der Waals surface area contributed by atoms with Crippen molar-refractivity contribution in [1.82, 2.24) is 4.98 Å². The van der Waals surface area contributed by atoms with Crippen LogP contribution in [0.3, 0.4) is 0 Å². The zero-order valence-corrected chi connectivity index (χ0v) is 11.0. The van der Waals surface area contributed by atoms with Crippen LogP contribution in [-0.4, -0.2) is 16.7 Å². The summed E-state index contributed by atoms with van der Waals surface area (Å²) in [6, 6.07) is 10.5. The quantitative estimate of drug-likeness (QED) is 0.683. The minimum atomic E-state index is -0.166. The molecule has 0 aliphatic heterocycles. The van der Waals surface area contributed by atoms with Crippen molar-refractivity contribution in [2.75, 3.05) is 5.32 Å². The molecule has 1 aromatic heterocycles. The lowest BCUT2D eigenvalue weighted by molar-refractivity contribution is -0.114. The lowest BCUT2D eigenvalue weighted by Crippen LogP contribution is -2.06. The number of rotatable bonds is 4. The van der Waals surface area contributed by atoms with E-state index in [1.807, 2.05) is 12.1 Å². The van der Waals surface area contributed by atoms with Gasteiger partial charge < -0.3 is 5.32 Å². The van der Waals surface area contributed by atoms with Gasteiger partial charge in [0.05, 0.1) is 0 Å². The minimum Gasteiger partial charge on any atom is -0.326 e. The van der Waals surface area contributed by atoms with E-state index >= 15 is 0 Å². The summed E-state index contributed by atoms with van der Waals surface area (Å²) >= 11 is 0. The van der Waals surface area contributed by atoms with E-state index in [0.717, 1.165) is 5.56 Å². The number of ketones is 1. The molecule has 0 aliphatic rings. The van der Waals surface area contributed by atoms with Gasteiger partial charge in [-0.3, -0.25) is 14.6 Å². The fraction of sp³-hybridized carbons (Fsp3) is 0.0625. The van der Waals surface area contributed by atoms with Crippen LogP contribution in [0.15, 0.2) is 54.9 Å². The van der Waals surface area contributed by atoms with E-state index in [9.17, 15) is 9.59 Å². The summed E-state index contributed by atoms with van der Waals surface area (Å²) < 4.78 is 0. The van der Waals surface area contributed by atoms with Gasteiger partial charge in [-0.15, -0.1) is 0 Å². The van der Waals surface area contributed by atoms with E-state index in [4.69, 9.17) is 0 Å². The van der Waals surface area contributed by atoms with E-state index in [1.165, 1.54) is 13.0 Å². The number of hydrogen-bond donors (Lipinski definition) is 1. The van der Waals surface area contributed by atoms with Crippen LogP contribution in [0.2, 0.25) is 0 Å². The molecule has 20 heavy (non-hydrogen) atoms. The Hall–Kier alpha value is -2.75. The molecule has 1 N–H and O–H groups in total. The Morgan fingerprint density at radius 1 is 1.20 bits per heavy atom. The van der Waals surface area contributed by atoms with Gasteiger partial charge in [0.1, 0.15) is 0 Å². The molecule has 0 radical (unpaired) electrons. The second-order valence-electron chi connectivity index (χ2n) is 4.25. The van der Waals surface area contributed by atoms with Gasteiger partial charge in [-0.25, -0.2) is 0 Å². The van der Waals surface area contributed by atoms with Crippen LogP contribution < -0.4 is 5.32 Å². The maximum absolute atomic E-state index is 12.0. The van der Waals surface area contributed by atoms with Crippen molar-refractivity contribution in [3.8, 4) is 0 Å². The first kappa shape index (κ1) is 13.7. The van der Waals surface area contributed by atoms with Crippen molar-refractivity contribution < 1.29 is 9.59 Å². The molecule has 0 saturated heterocycles. The molecule has 0 spiro atoms. The van der Waals surface area contributed by atoms with Gasteiger partial charge >= 0.3 is 0 Å². The summed E-state index contributed by atoms with van der Waals surface area (Å²) in [7, 11) is 0. The molecule has 0 aliphatic carbocycles. The molecule has 0 bridgehead atoms. The summed E-state index contributed by atoms with van der Waals surface area (Å²) in [6.45, 7) is 1.43. The molecule has 2 rings (SSSR count). The van der Waals surface area contributed by atoms with E-state index in [2.05, 4.69) is 10.3 Å². The highest BCUT2D eigenvalue weighted by molar-refractivity contribution is 6.07. The van der Waals surface area contributed by atoms with Crippen LogP contribution in [-0.2, 0) is 4.79 Å². The third-order valence-electron chi connectivity index (χ3n) is 2.58. The molecule has 0 saturated carbocycles. The van der Waals surface area contributed by atoms with E-state index in [0.29, 0.717) is 11.3 Å². The van der Waals surface area contributed by atoms with Gasteiger partial charge in [0.2, 0.25) is 5.91 Å². The van der Waals surface area contributed by atoms with E-state index in [-0.39, 0.29) is 11.7 Å². The summed E-state index contributed by atoms with van der Waals surface area (Å²) in [5, 5.41) is 2.65. The predicted octanol–water partition coefficient (Wildman–Crippen LogP) is 2.94. The van der Waals surface area contributed by atoms with Crippen LogP contribution in [0, 0.1) is 0 Å². The Labute approximate surface area is 117 Å². The van der Waals surface area contributed by atoms with Crippen molar-refractivity contribution in [3.63, 3.8) is 0 Å². The highest BCUT2D eigenvalue weighted by Crippen LogP contribution is 2.12. The lowest BCUT2D eigenvalue weighted by Gasteiger charge is -2.03. The van der Waals surface area contributed by atoms with Crippen molar-refractivity contribution >= 4 is 23.5 Å². The van der Waals surface area contributed by atoms with Gasteiger partial charge in [0.25, 0.3) is 0 Å². The standard InChI is InChI=1S/C16H14N2O2/c1-12(19)18-15-6-2-5-14(10-15)16(20)8-7-13-4-3-9-17-11-13/h2-11H,1H3,(H,18,19)/b8-7-. The Kier molecular flexibility index (Phi) is 4.39. The second-order valence-corrected chi connectivity index (χ2v) is 4.25. The molecule has 4 heteroatoms. The third-order valence-corrected chi connectivity index (χ3v) is 2.58. The van der Waals surface area contributed by atoms with Gasteiger partial charge in [-0.05, 0) is 35.9 Å². The van der Waals surface area contributed by atoms with Gasteiger partial charge in [-0.1, -0.05) is 18.2 Å². The molecule has 0 unspecified atom stereocenters. The van der Waals surface area contributed by atoms with Crippen molar-refractivity contribution in [3.05, 3.63) is 66.0 Å². The first-order valence-electron chi connectivity index (χ1n) is 6.15. The van der Waals surface area contributed by atoms with Crippen LogP contribution in [0.1, 0.15) is 22.8 Å². The smallest absolute Gasteiger partial charge is 0.221 e. The topological polar surface area (TPSA) is 59.1 Å². The SMILES string of the molecule is CC(=O)Nc1cccc(C(=O)/C=C\c2cccnc2)c1. The predicted molar refractivity (Wildman–Crippen MR) is 78.3 cm³/mol. The Morgan fingerprint density at radius 3 is 2.75 bits per heavy atom. The van der Waals surface area contributed by atoms with Crippen LogP contribution >= 0.6 is 0 Å². The highest BCUT2D eigenvalue weighted by atomic mass is 16.1. The monoisotopic (exact) mass is 266 g/mol. The number of carbonyl (C=O) groups excluding carboxylic acids is 2. The van der Waals surface area contributed by atoms with E-state index in [1.54, 1.807) is 42.7 Å². The maximum atomic E-state index is 12.0. The second kappa shape index (κ2) is 6.43. The lowest BCUT2D eigenvalue weighted by atomic mass is 10.1. The van der Waals surface area contributed by atoms with Crippen LogP contribution in [0.5, 0.6) is 0 Å². The average molecular weight is 266 g/mol. The first-order chi connectivity index (χ1) is 9.65. The third kappa shape index (κ3) is 3.88. The average Bonchev–Trinajstić information content (AvgIpc) is 2.45. The molecule has 0 atom stereocenters. The van der Waals surface area contributed by atoms with E-state index < -0.39 is 0 Å². The fourth-order valence-corrected chi connectivity index (χ4v) is 1.70. The molecule has 2 aromatic rings. The number of anilines is 1. The molecule has 0 fully saturated rings. The van der Waals surface area contributed by atoms with Gasteiger partial charge in [0.15, 0.2) is 5.78 Å². The summed E-state index contributed by atoms with van der Waals surface area (Å²) in [4.78, 5) is 27.0. The van der Waals surface area contributed by atoms with Crippen LogP contribution in [0.25, 0.3) is 6.08 Å². The van der Waals surface area contributed by atoms with Crippen LogP contribution in [0.4, 0.5) is 5.69 Å². The highest BCUT2D eigenvalue weighted by Gasteiger charge is 2.03. The van der Waals surface area contributed by atoms with Crippen molar-refractivity contribution in [2.24, 2.45) is 0 Å². The molecular formula is C16H14N2O2. The first-order valence-corrected chi connectivity index (χ1v) is 6.15. The molecular weight excluding hydrogens is 252 g/mol. The maximum Gasteiger partial charge on any atom is 0.221 e. The minimum absolute atomic E-state index is 0.124. The number of allylic oxidation sites excluding steroid dienone is 1. The van der Waals surface area contributed by atoms with Gasteiger partial charge in [0, 0.05) is 30.6 Å². The number of hydrogen-bond acceptors (Lipinski definition) is 3. The molecule has 4 nitrogen and oxygen atoms in total. The van der Waals surface area contributed by atoms with Crippen molar-refractivity contribution in [2.45, 2.75) is 6.92 Å². The molecule has 1 heterocycles. The number of amides is 1. The number of carbonyl (C=O) groups is 2. The fourth-order valence-electron chi connectivity index (χ4n) is 1.70. The van der Waals surface area contributed by atoms with Crippen molar-refractivity contribution in [1.29, 1.82) is 0 Å². The number of nitrogens with one attached hydrogen (secondary N) is 1. The summed E-state index contributed by atoms with van der Waals surface area (Å²) in [5.41, 5.74) is 1.99. The number of nitrogens with zero attached hydrogens (tertiary/aromatic N) is 1. The van der Waals surface area contributed by atoms with Gasteiger partial charge in [-0.2, -0.15) is 0 Å². The Morgan fingerprint density at radius 2 is 2.05 bits per heavy atom.